The Morgan fingerprint density at radius 2 is 1.87 bits per heavy atom. The number of likely N-dealkylation sites (tertiary alicyclic amines) is 1. The summed E-state index contributed by atoms with van der Waals surface area (Å²) in [4.78, 5) is 28.6. The van der Waals surface area contributed by atoms with E-state index in [-0.39, 0.29) is 12.6 Å². The van der Waals surface area contributed by atoms with Crippen LogP contribution in [0.2, 0.25) is 0 Å². The van der Waals surface area contributed by atoms with Crippen LogP contribution in [-0.4, -0.2) is 52.5 Å². The third kappa shape index (κ3) is 3.39. The third-order valence-electron chi connectivity index (χ3n) is 4.95. The van der Waals surface area contributed by atoms with E-state index >= 15 is 0 Å². The number of rotatable bonds is 2. The van der Waals surface area contributed by atoms with Crippen molar-refractivity contribution in [2.75, 3.05) is 19.7 Å². The van der Waals surface area contributed by atoms with E-state index < -0.39 is 11.8 Å². The quantitative estimate of drug-likeness (QED) is 0.838. The number of aliphatic hydroxyl groups is 1. The number of benzene rings is 1. The molecule has 0 saturated carbocycles. The van der Waals surface area contributed by atoms with Crippen LogP contribution in [0.15, 0.2) is 24.3 Å². The third-order valence-corrected chi connectivity index (χ3v) is 4.95. The van der Waals surface area contributed by atoms with Gasteiger partial charge in [0.25, 0.3) is 0 Å². The molecule has 1 unspecified atom stereocenters. The van der Waals surface area contributed by atoms with Crippen LogP contribution in [0.1, 0.15) is 36.8 Å². The van der Waals surface area contributed by atoms with E-state index in [4.69, 9.17) is 0 Å². The van der Waals surface area contributed by atoms with E-state index in [1.807, 2.05) is 18.2 Å². The molecule has 0 aliphatic carbocycles. The number of piperidine rings is 1. The maximum atomic E-state index is 12.6. The van der Waals surface area contributed by atoms with Gasteiger partial charge in [-0.25, -0.2) is 0 Å². The lowest BCUT2D eigenvalue weighted by Gasteiger charge is -2.37. The van der Waals surface area contributed by atoms with Gasteiger partial charge >= 0.3 is 11.8 Å². The second kappa shape index (κ2) is 7.13. The highest BCUT2D eigenvalue weighted by Crippen LogP contribution is 2.22. The number of carbonyl (C=O) groups is 2. The predicted octanol–water partition coefficient (Wildman–Crippen LogP) is 1.33. The zero-order chi connectivity index (χ0) is 16.2. The Balaban J connectivity index is 1.69. The number of nitrogens with zero attached hydrogens (tertiary/aromatic N) is 2. The molecule has 1 aromatic carbocycles. The Hall–Kier alpha value is -1.88. The summed E-state index contributed by atoms with van der Waals surface area (Å²) in [5.74, 6) is -0.799. The van der Waals surface area contributed by atoms with Gasteiger partial charge in [-0.3, -0.25) is 9.59 Å². The van der Waals surface area contributed by atoms with Crippen molar-refractivity contribution < 1.29 is 14.7 Å². The molecule has 2 heterocycles. The van der Waals surface area contributed by atoms with Crippen molar-refractivity contribution in [3.8, 4) is 0 Å². The topological polar surface area (TPSA) is 60.9 Å². The van der Waals surface area contributed by atoms with Crippen molar-refractivity contribution in [3.63, 3.8) is 0 Å². The zero-order valence-electron chi connectivity index (χ0n) is 13.4. The molecule has 23 heavy (non-hydrogen) atoms. The SMILES string of the molecule is O=C(C(=O)N1CCCCC1CCO)N1CCc2ccccc2C1. The molecular formula is C18H24N2O3. The van der Waals surface area contributed by atoms with E-state index in [0.717, 1.165) is 31.2 Å². The summed E-state index contributed by atoms with van der Waals surface area (Å²) < 4.78 is 0. The first-order valence-corrected chi connectivity index (χ1v) is 8.48. The lowest BCUT2D eigenvalue weighted by atomic mass is 9.98. The fraction of sp³-hybridized carbons (Fsp3) is 0.556. The minimum Gasteiger partial charge on any atom is -0.396 e. The van der Waals surface area contributed by atoms with E-state index in [2.05, 4.69) is 6.07 Å². The molecule has 5 nitrogen and oxygen atoms in total. The molecule has 2 aliphatic rings. The van der Waals surface area contributed by atoms with Crippen molar-refractivity contribution in [1.29, 1.82) is 0 Å². The van der Waals surface area contributed by atoms with Gasteiger partial charge < -0.3 is 14.9 Å². The highest BCUT2D eigenvalue weighted by atomic mass is 16.3. The zero-order valence-corrected chi connectivity index (χ0v) is 13.4. The second-order valence-electron chi connectivity index (χ2n) is 6.41. The monoisotopic (exact) mass is 316 g/mol. The van der Waals surface area contributed by atoms with Crippen LogP contribution in [0.4, 0.5) is 0 Å². The van der Waals surface area contributed by atoms with Crippen LogP contribution in [-0.2, 0) is 22.6 Å². The number of carbonyl (C=O) groups excluding carboxylic acids is 2. The molecule has 0 radical (unpaired) electrons. The maximum Gasteiger partial charge on any atom is 0.312 e. The summed E-state index contributed by atoms with van der Waals surface area (Å²) in [6.45, 7) is 1.79. The Kier molecular flexibility index (Phi) is 4.96. The molecule has 1 atom stereocenters. The average molecular weight is 316 g/mol. The van der Waals surface area contributed by atoms with Crippen LogP contribution in [0.3, 0.4) is 0 Å². The maximum absolute atomic E-state index is 12.6. The van der Waals surface area contributed by atoms with Gasteiger partial charge in [0, 0.05) is 32.3 Å². The Morgan fingerprint density at radius 1 is 1.09 bits per heavy atom. The van der Waals surface area contributed by atoms with Crippen LogP contribution >= 0.6 is 0 Å². The molecule has 1 aromatic rings. The molecule has 2 amide bonds. The van der Waals surface area contributed by atoms with Gasteiger partial charge in [-0.15, -0.1) is 0 Å². The molecule has 1 N–H and O–H groups in total. The number of hydrogen-bond donors (Lipinski definition) is 1. The molecule has 5 heteroatoms. The van der Waals surface area contributed by atoms with Gasteiger partial charge in [0.1, 0.15) is 0 Å². The first-order valence-electron chi connectivity index (χ1n) is 8.48. The van der Waals surface area contributed by atoms with Crippen molar-refractivity contribution in [1.82, 2.24) is 9.80 Å². The fourth-order valence-electron chi connectivity index (χ4n) is 3.64. The number of amides is 2. The summed E-state index contributed by atoms with van der Waals surface area (Å²) in [5.41, 5.74) is 2.39. The Labute approximate surface area is 136 Å². The summed E-state index contributed by atoms with van der Waals surface area (Å²) in [7, 11) is 0. The van der Waals surface area contributed by atoms with E-state index in [0.29, 0.717) is 26.1 Å². The normalized spacial score (nSPS) is 21.0. The van der Waals surface area contributed by atoms with E-state index in [1.165, 1.54) is 5.56 Å². The second-order valence-corrected chi connectivity index (χ2v) is 6.41. The van der Waals surface area contributed by atoms with Gasteiger partial charge in [0.2, 0.25) is 0 Å². The fourth-order valence-corrected chi connectivity index (χ4v) is 3.64. The first-order chi connectivity index (χ1) is 11.2. The number of fused-ring (bicyclic) bond motifs is 1. The smallest absolute Gasteiger partial charge is 0.312 e. The minimum absolute atomic E-state index is 0.00211. The minimum atomic E-state index is -0.400. The highest BCUT2D eigenvalue weighted by molar-refractivity contribution is 6.35. The van der Waals surface area contributed by atoms with Gasteiger partial charge in [0.05, 0.1) is 0 Å². The molecular weight excluding hydrogens is 292 g/mol. The van der Waals surface area contributed by atoms with Gasteiger partial charge in [-0.05, 0) is 43.2 Å². The lowest BCUT2D eigenvalue weighted by molar-refractivity contribution is -0.154. The highest BCUT2D eigenvalue weighted by Gasteiger charge is 2.34. The van der Waals surface area contributed by atoms with Crippen LogP contribution < -0.4 is 0 Å². The molecule has 1 fully saturated rings. The summed E-state index contributed by atoms with van der Waals surface area (Å²) in [6.07, 6.45) is 4.23. The van der Waals surface area contributed by atoms with Gasteiger partial charge in [-0.1, -0.05) is 24.3 Å². The van der Waals surface area contributed by atoms with Crippen molar-refractivity contribution >= 4 is 11.8 Å². The molecule has 124 valence electrons. The summed E-state index contributed by atoms with van der Waals surface area (Å²) >= 11 is 0. The number of aliphatic hydroxyl groups excluding tert-OH is 1. The molecule has 0 aromatic heterocycles. The molecule has 2 aliphatic heterocycles. The van der Waals surface area contributed by atoms with Crippen LogP contribution in [0, 0.1) is 0 Å². The van der Waals surface area contributed by atoms with Crippen molar-refractivity contribution in [2.45, 2.75) is 44.7 Å². The van der Waals surface area contributed by atoms with E-state index in [1.54, 1.807) is 9.80 Å². The predicted molar refractivity (Wildman–Crippen MR) is 86.6 cm³/mol. The largest absolute Gasteiger partial charge is 0.396 e. The summed E-state index contributed by atoms with van der Waals surface area (Å²) in [6, 6.07) is 8.09. The van der Waals surface area contributed by atoms with E-state index in [9.17, 15) is 14.7 Å². The lowest BCUT2D eigenvalue weighted by Crippen LogP contribution is -2.52. The standard InChI is InChI=1S/C18H24N2O3/c21-12-9-16-7-3-4-10-20(16)18(23)17(22)19-11-8-14-5-1-2-6-15(14)13-19/h1-2,5-6,16,21H,3-4,7-13H2. The Bertz CT molecular complexity index is 585. The average Bonchev–Trinajstić information content (AvgIpc) is 2.61. The van der Waals surface area contributed by atoms with Gasteiger partial charge in [-0.2, -0.15) is 0 Å². The van der Waals surface area contributed by atoms with Crippen LogP contribution in [0.25, 0.3) is 0 Å². The van der Waals surface area contributed by atoms with Crippen LogP contribution in [0.5, 0.6) is 0 Å². The number of hydrogen-bond acceptors (Lipinski definition) is 3. The molecule has 1 saturated heterocycles. The van der Waals surface area contributed by atoms with Crippen molar-refractivity contribution in [3.05, 3.63) is 35.4 Å². The molecule has 0 spiro atoms. The molecule has 3 rings (SSSR count). The summed E-state index contributed by atoms with van der Waals surface area (Å²) in [5, 5.41) is 9.18. The Morgan fingerprint density at radius 3 is 2.65 bits per heavy atom. The van der Waals surface area contributed by atoms with Crippen molar-refractivity contribution in [2.24, 2.45) is 0 Å². The first kappa shape index (κ1) is 16.0. The molecule has 0 bridgehead atoms. The van der Waals surface area contributed by atoms with Gasteiger partial charge in [0.15, 0.2) is 0 Å².